The van der Waals surface area contributed by atoms with E-state index < -0.39 is 0 Å². The summed E-state index contributed by atoms with van der Waals surface area (Å²) in [6.07, 6.45) is 1.56. The van der Waals surface area contributed by atoms with Gasteiger partial charge in [0.1, 0.15) is 12.0 Å². The first-order chi connectivity index (χ1) is 10.3. The van der Waals surface area contributed by atoms with E-state index in [1.165, 1.54) is 10.8 Å². The lowest BCUT2D eigenvalue weighted by atomic mass is 10.0. The van der Waals surface area contributed by atoms with Crippen LogP contribution in [-0.4, -0.2) is 23.6 Å². The summed E-state index contributed by atoms with van der Waals surface area (Å²) in [4.78, 5) is 8.63. The van der Waals surface area contributed by atoms with Crippen molar-refractivity contribution < 1.29 is 4.74 Å². The molecule has 0 amide bonds. The van der Waals surface area contributed by atoms with Crippen molar-refractivity contribution >= 4 is 16.6 Å². The molecule has 0 aliphatic rings. The highest BCUT2D eigenvalue weighted by molar-refractivity contribution is 5.88. The Morgan fingerprint density at radius 3 is 2.62 bits per heavy atom. The maximum atomic E-state index is 5.51. The molecule has 0 saturated heterocycles. The Labute approximate surface area is 123 Å². The van der Waals surface area contributed by atoms with E-state index in [4.69, 9.17) is 4.74 Å². The van der Waals surface area contributed by atoms with E-state index >= 15 is 0 Å². The molecule has 106 valence electrons. The molecule has 2 aromatic carbocycles. The molecule has 1 aromatic heterocycles. The van der Waals surface area contributed by atoms with Crippen LogP contribution < -0.4 is 10.1 Å². The Morgan fingerprint density at radius 2 is 1.86 bits per heavy atom. The summed E-state index contributed by atoms with van der Waals surface area (Å²) in [5, 5.41) is 5.59. The Balaban J connectivity index is 2.15. The van der Waals surface area contributed by atoms with Crippen LogP contribution in [0.5, 0.6) is 5.75 Å². The molecule has 0 aliphatic carbocycles. The topological polar surface area (TPSA) is 47.0 Å². The predicted octanol–water partition coefficient (Wildman–Crippen LogP) is 3.74. The van der Waals surface area contributed by atoms with Crippen LogP contribution >= 0.6 is 0 Å². The van der Waals surface area contributed by atoms with Gasteiger partial charge in [0.15, 0.2) is 11.6 Å². The highest BCUT2D eigenvalue weighted by Crippen LogP contribution is 2.34. The molecule has 0 radical (unpaired) electrons. The zero-order chi connectivity index (χ0) is 14.7. The van der Waals surface area contributed by atoms with Crippen molar-refractivity contribution in [1.82, 2.24) is 9.97 Å². The number of anilines is 1. The van der Waals surface area contributed by atoms with E-state index in [9.17, 15) is 0 Å². The van der Waals surface area contributed by atoms with Crippen LogP contribution in [0.25, 0.3) is 22.0 Å². The highest BCUT2D eigenvalue weighted by atomic mass is 16.5. The average Bonchev–Trinajstić information content (AvgIpc) is 2.54. The largest absolute Gasteiger partial charge is 0.491 e. The van der Waals surface area contributed by atoms with Crippen LogP contribution in [0.4, 0.5) is 5.82 Å². The summed E-state index contributed by atoms with van der Waals surface area (Å²) in [6, 6.07) is 14.5. The number of hydrogen-bond donors (Lipinski definition) is 1. The molecule has 4 nitrogen and oxygen atoms in total. The fraction of sp³-hybridized carbons (Fsp3) is 0.176. The van der Waals surface area contributed by atoms with E-state index in [0.29, 0.717) is 5.75 Å². The van der Waals surface area contributed by atoms with Crippen LogP contribution in [0.1, 0.15) is 6.92 Å². The molecule has 21 heavy (non-hydrogen) atoms. The number of aromatic nitrogens is 2. The maximum Gasteiger partial charge on any atom is 0.187 e. The Kier molecular flexibility index (Phi) is 3.69. The Morgan fingerprint density at radius 1 is 1.05 bits per heavy atom. The van der Waals surface area contributed by atoms with Gasteiger partial charge in [-0.05, 0) is 23.8 Å². The normalized spacial score (nSPS) is 10.6. The highest BCUT2D eigenvalue weighted by Gasteiger charge is 2.13. The smallest absolute Gasteiger partial charge is 0.187 e. The second kappa shape index (κ2) is 5.79. The standard InChI is InChI=1S/C17H17N3O/c1-3-18-17-16(21-2)15(19-11-20-17)14-9-8-12-6-4-5-7-13(12)10-14/h4-11H,3H2,1-2H3,(H,18,19,20). The summed E-state index contributed by atoms with van der Waals surface area (Å²) in [7, 11) is 1.64. The lowest BCUT2D eigenvalue weighted by Crippen LogP contribution is -2.04. The van der Waals surface area contributed by atoms with Gasteiger partial charge in [0.2, 0.25) is 0 Å². The second-order valence-electron chi connectivity index (χ2n) is 4.70. The molecule has 0 atom stereocenters. The van der Waals surface area contributed by atoms with Crippen molar-refractivity contribution in [3.8, 4) is 17.0 Å². The van der Waals surface area contributed by atoms with E-state index in [0.717, 1.165) is 23.6 Å². The fourth-order valence-electron chi connectivity index (χ4n) is 2.40. The maximum absolute atomic E-state index is 5.51. The summed E-state index contributed by atoms with van der Waals surface area (Å²) in [6.45, 7) is 2.81. The van der Waals surface area contributed by atoms with Crippen molar-refractivity contribution in [2.24, 2.45) is 0 Å². The lowest BCUT2D eigenvalue weighted by molar-refractivity contribution is 0.414. The molecule has 0 fully saturated rings. The van der Waals surface area contributed by atoms with Crippen LogP contribution in [0.3, 0.4) is 0 Å². The fourth-order valence-corrected chi connectivity index (χ4v) is 2.40. The van der Waals surface area contributed by atoms with Gasteiger partial charge < -0.3 is 10.1 Å². The van der Waals surface area contributed by atoms with Crippen molar-refractivity contribution in [2.45, 2.75) is 6.92 Å². The molecule has 0 unspecified atom stereocenters. The first-order valence-corrected chi connectivity index (χ1v) is 6.95. The number of hydrogen-bond acceptors (Lipinski definition) is 4. The minimum absolute atomic E-state index is 0.676. The molecule has 3 rings (SSSR count). The minimum Gasteiger partial charge on any atom is -0.491 e. The molecule has 0 aliphatic heterocycles. The SMILES string of the molecule is CCNc1ncnc(-c2ccc3ccccc3c2)c1OC. The van der Waals surface area contributed by atoms with Gasteiger partial charge in [0.05, 0.1) is 7.11 Å². The van der Waals surface area contributed by atoms with E-state index in [-0.39, 0.29) is 0 Å². The zero-order valence-electron chi connectivity index (χ0n) is 12.1. The molecule has 1 N–H and O–H groups in total. The minimum atomic E-state index is 0.676. The van der Waals surface area contributed by atoms with Crippen molar-refractivity contribution in [3.05, 3.63) is 48.8 Å². The van der Waals surface area contributed by atoms with Crippen LogP contribution in [0.2, 0.25) is 0 Å². The molecular weight excluding hydrogens is 262 g/mol. The van der Waals surface area contributed by atoms with Gasteiger partial charge in [-0.15, -0.1) is 0 Å². The first-order valence-electron chi connectivity index (χ1n) is 6.95. The summed E-state index contributed by atoms with van der Waals surface area (Å²) >= 11 is 0. The molecule has 3 aromatic rings. The third kappa shape index (κ3) is 2.52. The molecule has 0 saturated carbocycles. The summed E-state index contributed by atoms with van der Waals surface area (Å²) < 4.78 is 5.51. The number of ether oxygens (including phenoxy) is 1. The van der Waals surface area contributed by atoms with Gasteiger partial charge in [-0.25, -0.2) is 9.97 Å². The van der Waals surface area contributed by atoms with Gasteiger partial charge >= 0.3 is 0 Å². The third-order valence-corrected chi connectivity index (χ3v) is 3.38. The Bertz CT molecular complexity index is 771. The van der Waals surface area contributed by atoms with Crippen molar-refractivity contribution in [3.63, 3.8) is 0 Å². The van der Waals surface area contributed by atoms with Crippen LogP contribution in [0, 0.1) is 0 Å². The number of methoxy groups -OCH3 is 1. The van der Waals surface area contributed by atoms with Gasteiger partial charge in [-0.2, -0.15) is 0 Å². The molecular formula is C17H17N3O. The van der Waals surface area contributed by atoms with Crippen LogP contribution in [0.15, 0.2) is 48.8 Å². The second-order valence-corrected chi connectivity index (χ2v) is 4.70. The lowest BCUT2D eigenvalue weighted by Gasteiger charge is -2.12. The first kappa shape index (κ1) is 13.4. The zero-order valence-corrected chi connectivity index (χ0v) is 12.1. The third-order valence-electron chi connectivity index (χ3n) is 3.38. The molecule has 1 heterocycles. The Hall–Kier alpha value is -2.62. The van der Waals surface area contributed by atoms with Crippen molar-refractivity contribution in [2.75, 3.05) is 19.0 Å². The van der Waals surface area contributed by atoms with E-state index in [1.807, 2.05) is 19.1 Å². The number of nitrogens with zero attached hydrogens (tertiary/aromatic N) is 2. The number of rotatable bonds is 4. The van der Waals surface area contributed by atoms with Crippen LogP contribution in [-0.2, 0) is 0 Å². The average molecular weight is 279 g/mol. The molecule has 0 bridgehead atoms. The van der Waals surface area contributed by atoms with Gasteiger partial charge in [0, 0.05) is 12.1 Å². The number of benzene rings is 2. The van der Waals surface area contributed by atoms with Gasteiger partial charge in [0.25, 0.3) is 0 Å². The van der Waals surface area contributed by atoms with Gasteiger partial charge in [-0.1, -0.05) is 36.4 Å². The number of nitrogens with one attached hydrogen (secondary N) is 1. The summed E-state index contributed by atoms with van der Waals surface area (Å²) in [5.74, 6) is 1.40. The summed E-state index contributed by atoms with van der Waals surface area (Å²) in [5.41, 5.74) is 1.82. The number of fused-ring (bicyclic) bond motifs is 1. The van der Waals surface area contributed by atoms with E-state index in [2.05, 4.69) is 45.6 Å². The quantitative estimate of drug-likeness (QED) is 0.790. The van der Waals surface area contributed by atoms with Gasteiger partial charge in [-0.3, -0.25) is 0 Å². The monoisotopic (exact) mass is 279 g/mol. The predicted molar refractivity (Wildman–Crippen MR) is 85.7 cm³/mol. The molecule has 4 heteroatoms. The van der Waals surface area contributed by atoms with Crippen molar-refractivity contribution in [1.29, 1.82) is 0 Å². The van der Waals surface area contributed by atoms with E-state index in [1.54, 1.807) is 13.4 Å². The molecule has 0 spiro atoms.